The summed E-state index contributed by atoms with van der Waals surface area (Å²) in [5.74, 6) is 0.741. The molecule has 5 aromatic carbocycles. The predicted molar refractivity (Wildman–Crippen MR) is 161 cm³/mol. The largest absolute Gasteiger partial charge is 0.192 e. The predicted octanol–water partition coefficient (Wildman–Crippen LogP) is 9.67. The molecule has 0 radical (unpaired) electrons. The maximum absolute atomic E-state index is 9.39. The third-order valence-corrected chi connectivity index (χ3v) is 9.35. The Kier molecular flexibility index (Phi) is 4.53. The van der Waals surface area contributed by atoms with Crippen LogP contribution in [-0.2, 0) is 5.41 Å². The van der Waals surface area contributed by atoms with E-state index in [-0.39, 0.29) is 5.41 Å². The molecule has 39 heavy (non-hydrogen) atoms. The molecule has 0 N–H and O–H groups in total. The summed E-state index contributed by atoms with van der Waals surface area (Å²) >= 11 is 0. The van der Waals surface area contributed by atoms with Crippen molar-refractivity contribution in [1.82, 2.24) is 0 Å². The van der Waals surface area contributed by atoms with Crippen molar-refractivity contribution >= 4 is 16.3 Å². The van der Waals surface area contributed by atoms with Gasteiger partial charge in [-0.2, -0.15) is 5.26 Å². The summed E-state index contributed by atoms with van der Waals surface area (Å²) in [5, 5.41) is 12.1. The lowest BCUT2D eigenvalue weighted by Crippen LogP contribution is -2.25. The first-order chi connectivity index (χ1) is 19.0. The molecule has 0 bridgehead atoms. The molecule has 2 atom stereocenters. The molecule has 0 aliphatic heterocycles. The van der Waals surface area contributed by atoms with E-state index >= 15 is 0 Å². The van der Waals surface area contributed by atoms with E-state index in [1.807, 2.05) is 18.2 Å². The Morgan fingerprint density at radius 3 is 2.26 bits per heavy atom. The molecular weight excluding hydrogens is 470 g/mol. The molecule has 1 nitrogen and oxygen atoms in total. The highest BCUT2D eigenvalue weighted by atomic mass is 14.5. The van der Waals surface area contributed by atoms with E-state index in [4.69, 9.17) is 0 Å². The van der Waals surface area contributed by atoms with Gasteiger partial charge >= 0.3 is 0 Å². The second-order valence-corrected chi connectivity index (χ2v) is 11.7. The first kappa shape index (κ1) is 22.3. The van der Waals surface area contributed by atoms with Crippen LogP contribution in [-0.4, -0.2) is 0 Å². The van der Waals surface area contributed by atoms with Crippen LogP contribution in [0.25, 0.3) is 49.7 Å². The summed E-state index contributed by atoms with van der Waals surface area (Å²) in [6.07, 6.45) is 7.07. The molecule has 1 heteroatoms. The van der Waals surface area contributed by atoms with E-state index in [1.165, 1.54) is 60.9 Å². The molecule has 184 valence electrons. The zero-order chi connectivity index (χ0) is 26.3. The zero-order valence-electron chi connectivity index (χ0n) is 22.1. The van der Waals surface area contributed by atoms with Crippen LogP contribution in [0.2, 0.25) is 0 Å². The third kappa shape index (κ3) is 3.06. The average molecular weight is 498 g/mol. The number of allylic oxidation sites excluding steroid dienone is 4. The molecule has 0 aromatic heterocycles. The normalized spacial score (nSPS) is 19.3. The summed E-state index contributed by atoms with van der Waals surface area (Å²) in [5.41, 5.74) is 13.8. The smallest absolute Gasteiger partial charge is 0.0991 e. The molecule has 5 aromatic rings. The molecule has 8 rings (SSSR count). The van der Waals surface area contributed by atoms with Crippen molar-refractivity contribution in [2.75, 3.05) is 0 Å². The van der Waals surface area contributed by atoms with E-state index < -0.39 is 0 Å². The second kappa shape index (κ2) is 7.92. The van der Waals surface area contributed by atoms with Crippen molar-refractivity contribution in [3.8, 4) is 39.4 Å². The van der Waals surface area contributed by atoms with Gasteiger partial charge in [-0.05, 0) is 89.9 Å². The summed E-state index contributed by atoms with van der Waals surface area (Å²) < 4.78 is 0. The van der Waals surface area contributed by atoms with Crippen LogP contribution in [0.3, 0.4) is 0 Å². The van der Waals surface area contributed by atoms with Crippen molar-refractivity contribution in [2.45, 2.75) is 25.2 Å². The minimum absolute atomic E-state index is 0.00996. The van der Waals surface area contributed by atoms with E-state index in [0.717, 1.165) is 5.56 Å². The van der Waals surface area contributed by atoms with Gasteiger partial charge in [0.1, 0.15) is 0 Å². The van der Waals surface area contributed by atoms with Crippen molar-refractivity contribution in [1.29, 1.82) is 5.26 Å². The summed E-state index contributed by atoms with van der Waals surface area (Å²) in [4.78, 5) is 0. The van der Waals surface area contributed by atoms with Gasteiger partial charge in [0.15, 0.2) is 0 Å². The maximum Gasteiger partial charge on any atom is 0.0991 e. The first-order valence-electron chi connectivity index (χ1n) is 13.8. The summed E-state index contributed by atoms with van der Waals surface area (Å²) in [6, 6.07) is 37.6. The molecule has 0 amide bonds. The van der Waals surface area contributed by atoms with Gasteiger partial charge in [0.2, 0.25) is 0 Å². The van der Waals surface area contributed by atoms with Gasteiger partial charge in [-0.15, -0.1) is 0 Å². The highest BCUT2D eigenvalue weighted by Crippen LogP contribution is 2.55. The number of nitrogens with zero attached hydrogens (tertiary/aromatic N) is 1. The fraction of sp³-hybridized carbons (Fsp3) is 0.132. The minimum atomic E-state index is -0.00996. The Morgan fingerprint density at radius 2 is 1.44 bits per heavy atom. The lowest BCUT2D eigenvalue weighted by Gasteiger charge is -2.31. The van der Waals surface area contributed by atoms with Gasteiger partial charge in [0.25, 0.3) is 0 Å². The maximum atomic E-state index is 9.39. The molecule has 0 saturated carbocycles. The fourth-order valence-electron chi connectivity index (χ4n) is 7.41. The lowest BCUT2D eigenvalue weighted by atomic mass is 9.72. The Hall–Kier alpha value is -4.67. The Morgan fingerprint density at radius 1 is 0.692 bits per heavy atom. The standard InChI is InChI=1S/C38H27N/c1-38(2)35-20-25(24-8-5-7-23(19-24)22-39)13-15-30(35)31-16-14-26(21-36(31)38)27-17-18-34-29-10-4-3-9-28(29)33-12-6-11-32(27)37(33)34/h3-21,30,35H,1-2H3. The minimum Gasteiger partial charge on any atom is -0.192 e. The molecule has 0 saturated heterocycles. The molecule has 0 fully saturated rings. The van der Waals surface area contributed by atoms with Crippen LogP contribution in [0.5, 0.6) is 0 Å². The quantitative estimate of drug-likeness (QED) is 0.234. The topological polar surface area (TPSA) is 23.8 Å². The first-order valence-corrected chi connectivity index (χ1v) is 13.8. The highest BCUT2D eigenvalue weighted by molar-refractivity contribution is 6.18. The summed E-state index contributed by atoms with van der Waals surface area (Å²) in [7, 11) is 0. The molecule has 0 spiro atoms. The van der Waals surface area contributed by atoms with E-state index in [0.29, 0.717) is 17.4 Å². The number of hydrogen-bond donors (Lipinski definition) is 0. The monoisotopic (exact) mass is 497 g/mol. The number of nitriles is 1. The summed E-state index contributed by atoms with van der Waals surface area (Å²) in [6.45, 7) is 4.78. The van der Waals surface area contributed by atoms with Crippen molar-refractivity contribution < 1.29 is 0 Å². The van der Waals surface area contributed by atoms with Gasteiger partial charge in [-0.1, -0.05) is 117 Å². The number of benzene rings is 5. The average Bonchev–Trinajstić information content (AvgIpc) is 3.43. The van der Waals surface area contributed by atoms with E-state index in [1.54, 1.807) is 0 Å². The van der Waals surface area contributed by atoms with Gasteiger partial charge in [-0.3, -0.25) is 0 Å². The molecule has 2 unspecified atom stereocenters. The molecule has 0 heterocycles. The molecule has 3 aliphatic rings. The van der Waals surface area contributed by atoms with Crippen LogP contribution >= 0.6 is 0 Å². The third-order valence-electron chi connectivity index (χ3n) is 9.35. The molecular formula is C38H27N. The van der Waals surface area contributed by atoms with Gasteiger partial charge < -0.3 is 0 Å². The van der Waals surface area contributed by atoms with Crippen molar-refractivity contribution in [3.05, 3.63) is 138 Å². The molecule has 3 aliphatic carbocycles. The zero-order valence-corrected chi connectivity index (χ0v) is 22.1. The van der Waals surface area contributed by atoms with Gasteiger partial charge in [-0.25, -0.2) is 0 Å². The number of hydrogen-bond acceptors (Lipinski definition) is 1. The van der Waals surface area contributed by atoms with Gasteiger partial charge in [0.05, 0.1) is 11.6 Å². The van der Waals surface area contributed by atoms with Crippen LogP contribution in [0.1, 0.15) is 42.0 Å². The van der Waals surface area contributed by atoms with Crippen LogP contribution in [0.15, 0.2) is 115 Å². The van der Waals surface area contributed by atoms with E-state index in [9.17, 15) is 5.26 Å². The van der Waals surface area contributed by atoms with Crippen LogP contribution in [0.4, 0.5) is 0 Å². The fourth-order valence-corrected chi connectivity index (χ4v) is 7.41. The Labute approximate surface area is 229 Å². The number of rotatable bonds is 2. The Balaban J connectivity index is 1.24. The van der Waals surface area contributed by atoms with Crippen molar-refractivity contribution in [2.24, 2.45) is 5.92 Å². The number of fused-ring (bicyclic) bond motifs is 6. The second-order valence-electron chi connectivity index (χ2n) is 11.7. The Bertz CT molecular complexity index is 1930. The van der Waals surface area contributed by atoms with Crippen LogP contribution in [0, 0.1) is 17.2 Å². The van der Waals surface area contributed by atoms with E-state index in [2.05, 4.69) is 117 Å². The highest BCUT2D eigenvalue weighted by Gasteiger charge is 2.45. The van der Waals surface area contributed by atoms with Crippen LogP contribution < -0.4 is 0 Å². The lowest BCUT2D eigenvalue weighted by molar-refractivity contribution is 0.395. The SMILES string of the molecule is CC1(C)c2cc(-c3ccc4c5c(cccc35)-c3ccccc3-4)ccc2C2C=CC(c3cccc(C#N)c3)=CC21. The van der Waals surface area contributed by atoms with Crippen molar-refractivity contribution in [3.63, 3.8) is 0 Å². The van der Waals surface area contributed by atoms with Gasteiger partial charge in [0, 0.05) is 5.92 Å².